The van der Waals surface area contributed by atoms with Crippen molar-refractivity contribution >= 4 is 5.71 Å². The first-order valence-corrected chi connectivity index (χ1v) is 9.97. The van der Waals surface area contributed by atoms with Crippen LogP contribution in [0.4, 0.5) is 0 Å². The van der Waals surface area contributed by atoms with E-state index in [0.29, 0.717) is 35.2 Å². The van der Waals surface area contributed by atoms with E-state index in [1.54, 1.807) is 12.1 Å². The Balaban J connectivity index is 1.67. The summed E-state index contributed by atoms with van der Waals surface area (Å²) in [5.41, 5.74) is 5.17. The van der Waals surface area contributed by atoms with Crippen LogP contribution < -0.4 is 4.74 Å². The van der Waals surface area contributed by atoms with Gasteiger partial charge in [0.25, 0.3) is 5.89 Å². The largest absolute Gasteiger partial charge is 0.490 e. The van der Waals surface area contributed by atoms with Gasteiger partial charge in [0.1, 0.15) is 18.4 Å². The average Bonchev–Trinajstić information content (AvgIpc) is 3.39. The number of ether oxygens (including phenoxy) is 1. The lowest BCUT2D eigenvalue weighted by atomic mass is 10.0. The molecule has 4 rings (SSSR count). The Morgan fingerprint density at radius 2 is 2.03 bits per heavy atom. The molecule has 0 bridgehead atoms. The summed E-state index contributed by atoms with van der Waals surface area (Å²) in [7, 11) is 0. The summed E-state index contributed by atoms with van der Waals surface area (Å²) in [6.07, 6.45) is 1.65. The minimum absolute atomic E-state index is 0.0192. The van der Waals surface area contributed by atoms with Crippen molar-refractivity contribution in [2.75, 3.05) is 6.61 Å². The highest BCUT2D eigenvalue weighted by Gasteiger charge is 2.24. The molecular formula is C23H22N4O3. The van der Waals surface area contributed by atoms with Crippen molar-refractivity contribution in [3.63, 3.8) is 0 Å². The quantitative estimate of drug-likeness (QED) is 0.552. The van der Waals surface area contributed by atoms with Gasteiger partial charge in [-0.1, -0.05) is 28.5 Å². The lowest BCUT2D eigenvalue weighted by Gasteiger charge is -2.11. The van der Waals surface area contributed by atoms with Crippen LogP contribution in [0, 0.1) is 11.3 Å². The molecule has 0 atom stereocenters. The highest BCUT2D eigenvalue weighted by atomic mass is 16.6. The molecule has 1 aliphatic carbocycles. The fraction of sp³-hybridized carbons (Fsp3) is 0.304. The van der Waals surface area contributed by atoms with Crippen LogP contribution >= 0.6 is 0 Å². The van der Waals surface area contributed by atoms with Crippen LogP contribution in [0.3, 0.4) is 0 Å². The second-order valence-corrected chi connectivity index (χ2v) is 7.20. The topological polar surface area (TPSA) is 93.5 Å². The summed E-state index contributed by atoms with van der Waals surface area (Å²) < 4.78 is 11.2. The maximum atomic E-state index is 9.46. The first-order valence-electron chi connectivity index (χ1n) is 9.97. The third-order valence-electron chi connectivity index (χ3n) is 4.78. The van der Waals surface area contributed by atoms with Crippen molar-refractivity contribution in [3.8, 4) is 34.7 Å². The molecule has 152 valence electrons. The first-order chi connectivity index (χ1) is 14.6. The molecule has 0 unspecified atom stereocenters. The van der Waals surface area contributed by atoms with Gasteiger partial charge in [0.2, 0.25) is 5.82 Å². The van der Waals surface area contributed by atoms with Gasteiger partial charge in [-0.15, -0.1) is 0 Å². The normalized spacial score (nSPS) is 14.0. The van der Waals surface area contributed by atoms with Gasteiger partial charge < -0.3 is 14.1 Å². The molecule has 0 amide bonds. The fourth-order valence-corrected chi connectivity index (χ4v) is 3.51. The second-order valence-electron chi connectivity index (χ2n) is 7.20. The van der Waals surface area contributed by atoms with Crippen molar-refractivity contribution in [1.29, 1.82) is 5.26 Å². The predicted octanol–water partition coefficient (Wildman–Crippen LogP) is 4.75. The molecule has 0 fully saturated rings. The highest BCUT2D eigenvalue weighted by molar-refractivity contribution is 6.05. The number of nitrogens with zero attached hydrogens (tertiary/aromatic N) is 4. The van der Waals surface area contributed by atoms with Gasteiger partial charge >= 0.3 is 0 Å². The molecule has 0 radical (unpaired) electrons. The van der Waals surface area contributed by atoms with E-state index in [2.05, 4.69) is 21.4 Å². The van der Waals surface area contributed by atoms with Crippen LogP contribution in [0.1, 0.15) is 43.9 Å². The third kappa shape index (κ3) is 3.77. The molecule has 0 saturated carbocycles. The van der Waals surface area contributed by atoms with Gasteiger partial charge in [0.15, 0.2) is 0 Å². The Hall–Kier alpha value is -3.66. The molecule has 0 aliphatic heterocycles. The molecule has 0 saturated heterocycles. The van der Waals surface area contributed by atoms with Gasteiger partial charge in [-0.2, -0.15) is 10.2 Å². The number of nitriles is 1. The van der Waals surface area contributed by atoms with Crippen molar-refractivity contribution < 1.29 is 14.1 Å². The summed E-state index contributed by atoms with van der Waals surface area (Å²) in [5, 5.41) is 17.9. The van der Waals surface area contributed by atoms with E-state index >= 15 is 0 Å². The maximum Gasteiger partial charge on any atom is 0.258 e. The molecule has 1 aliphatic rings. The summed E-state index contributed by atoms with van der Waals surface area (Å²) in [6, 6.07) is 13.4. The van der Waals surface area contributed by atoms with Crippen LogP contribution in [-0.2, 0) is 11.3 Å². The van der Waals surface area contributed by atoms with E-state index in [1.165, 1.54) is 0 Å². The number of oxime groups is 1. The summed E-state index contributed by atoms with van der Waals surface area (Å²) in [6.45, 7) is 6.29. The Morgan fingerprint density at radius 1 is 1.20 bits per heavy atom. The third-order valence-corrected chi connectivity index (χ3v) is 4.78. The number of fused-ring (bicyclic) bond motifs is 1. The van der Waals surface area contributed by atoms with E-state index in [0.717, 1.165) is 35.2 Å². The zero-order chi connectivity index (χ0) is 21.1. The number of aromatic nitrogens is 2. The Morgan fingerprint density at radius 3 is 2.80 bits per heavy atom. The molecule has 0 spiro atoms. The Kier molecular flexibility index (Phi) is 5.48. The van der Waals surface area contributed by atoms with Crippen LogP contribution in [0.25, 0.3) is 22.8 Å². The summed E-state index contributed by atoms with van der Waals surface area (Å²) in [4.78, 5) is 9.82. The number of hydrogen-bond acceptors (Lipinski definition) is 7. The van der Waals surface area contributed by atoms with E-state index in [4.69, 9.17) is 14.1 Å². The van der Waals surface area contributed by atoms with Crippen LogP contribution in [0.2, 0.25) is 0 Å². The van der Waals surface area contributed by atoms with Crippen LogP contribution in [0.15, 0.2) is 46.1 Å². The maximum absolute atomic E-state index is 9.46. The van der Waals surface area contributed by atoms with Gasteiger partial charge in [-0.3, -0.25) is 0 Å². The van der Waals surface area contributed by atoms with E-state index in [-0.39, 0.29) is 6.10 Å². The molecule has 7 nitrogen and oxygen atoms in total. The van der Waals surface area contributed by atoms with Crippen molar-refractivity contribution in [2.24, 2.45) is 5.16 Å². The summed E-state index contributed by atoms with van der Waals surface area (Å²) in [5.74, 6) is 1.41. The summed E-state index contributed by atoms with van der Waals surface area (Å²) >= 11 is 0. The van der Waals surface area contributed by atoms with Gasteiger partial charge in [0, 0.05) is 16.7 Å². The second kappa shape index (κ2) is 8.37. The molecule has 30 heavy (non-hydrogen) atoms. The minimum Gasteiger partial charge on any atom is -0.490 e. The van der Waals surface area contributed by atoms with Crippen molar-refractivity contribution in [2.45, 2.75) is 39.7 Å². The van der Waals surface area contributed by atoms with E-state index in [1.807, 2.05) is 45.0 Å². The van der Waals surface area contributed by atoms with E-state index < -0.39 is 0 Å². The smallest absolute Gasteiger partial charge is 0.258 e. The zero-order valence-corrected chi connectivity index (χ0v) is 17.2. The van der Waals surface area contributed by atoms with Crippen molar-refractivity contribution in [1.82, 2.24) is 10.1 Å². The number of hydrogen-bond donors (Lipinski definition) is 0. The molecule has 1 heterocycles. The molecule has 1 aromatic heterocycles. The van der Waals surface area contributed by atoms with Gasteiger partial charge in [-0.25, -0.2) is 0 Å². The van der Waals surface area contributed by atoms with Gasteiger partial charge in [0.05, 0.1) is 17.4 Å². The lowest BCUT2D eigenvalue weighted by molar-refractivity contribution is 0.158. The monoisotopic (exact) mass is 402 g/mol. The van der Waals surface area contributed by atoms with E-state index in [9.17, 15) is 5.26 Å². The number of benzene rings is 2. The highest BCUT2D eigenvalue weighted by Crippen LogP contribution is 2.33. The molecule has 3 aromatic rings. The van der Waals surface area contributed by atoms with Crippen LogP contribution in [0.5, 0.6) is 5.75 Å². The Labute approximate surface area is 174 Å². The van der Waals surface area contributed by atoms with Crippen LogP contribution in [-0.4, -0.2) is 28.6 Å². The first kappa shape index (κ1) is 19.6. The van der Waals surface area contributed by atoms with Gasteiger partial charge in [-0.05, 0) is 57.4 Å². The molecule has 7 heteroatoms. The fourth-order valence-electron chi connectivity index (χ4n) is 3.51. The Bertz CT molecular complexity index is 1140. The zero-order valence-electron chi connectivity index (χ0n) is 17.2. The standard InChI is InChI=1S/C23H22N4O3/c1-4-28-26-20-10-9-17-18(20)6-5-7-19(17)22-25-23(30-27-22)15-8-11-21(29-14(2)3)16(12-15)13-24/h5-8,11-12,14H,4,9-10H2,1-3H3. The average molecular weight is 402 g/mol. The minimum atomic E-state index is -0.0192. The SMILES string of the molecule is CCON=C1CCc2c1cccc2-c1noc(-c2ccc(OC(C)C)c(C#N)c2)n1. The molecule has 2 aromatic carbocycles. The molecule has 0 N–H and O–H groups in total. The molecular weight excluding hydrogens is 380 g/mol. The van der Waals surface area contributed by atoms with Crippen molar-refractivity contribution in [3.05, 3.63) is 53.1 Å². The lowest BCUT2D eigenvalue weighted by Crippen LogP contribution is -2.06. The number of rotatable bonds is 6. The predicted molar refractivity (Wildman–Crippen MR) is 112 cm³/mol.